The number of esters is 1. The number of amides is 1. The highest BCUT2D eigenvalue weighted by atomic mass is 32.2. The predicted molar refractivity (Wildman–Crippen MR) is 124 cm³/mol. The van der Waals surface area contributed by atoms with Crippen LogP contribution in [0.4, 0.5) is 5.69 Å². The first-order chi connectivity index (χ1) is 15.7. The number of sulfonamides is 1. The number of para-hydroxylation sites is 1. The Morgan fingerprint density at radius 3 is 2.30 bits per heavy atom. The number of carbonyl (C=O) groups excluding carboxylic acids is 2. The van der Waals surface area contributed by atoms with Crippen LogP contribution in [0.25, 0.3) is 0 Å². The fourth-order valence-corrected chi connectivity index (χ4v) is 4.02. The maximum absolute atomic E-state index is 12.4. The number of aryl methyl sites for hydroxylation is 1. The molecule has 3 aromatic carbocycles. The molecule has 0 radical (unpaired) electrons. The lowest BCUT2D eigenvalue weighted by molar-refractivity contribution is -0.119. The fourth-order valence-electron chi connectivity index (χ4n) is 2.88. The zero-order chi connectivity index (χ0) is 24.0. The van der Waals surface area contributed by atoms with Crippen molar-refractivity contribution < 1.29 is 27.5 Å². The van der Waals surface area contributed by atoms with E-state index in [0.717, 1.165) is 4.31 Å². The highest BCUT2D eigenvalue weighted by Gasteiger charge is 2.20. The van der Waals surface area contributed by atoms with Gasteiger partial charge in [0, 0.05) is 19.8 Å². The second kappa shape index (κ2) is 10.3. The molecule has 0 heterocycles. The van der Waals surface area contributed by atoms with Gasteiger partial charge in [0.2, 0.25) is 10.0 Å². The second-order valence-corrected chi connectivity index (χ2v) is 9.46. The first-order valence-corrected chi connectivity index (χ1v) is 11.4. The van der Waals surface area contributed by atoms with Crippen molar-refractivity contribution in [2.75, 3.05) is 26.0 Å². The molecule has 0 unspecified atom stereocenters. The number of rotatable bonds is 8. The number of ether oxygens (including phenoxy) is 2. The Morgan fingerprint density at radius 2 is 1.61 bits per heavy atom. The summed E-state index contributed by atoms with van der Waals surface area (Å²) in [5.74, 6) is -0.217. The van der Waals surface area contributed by atoms with Crippen LogP contribution in [0.5, 0.6) is 11.5 Å². The summed E-state index contributed by atoms with van der Waals surface area (Å²) in [5.41, 5.74) is 1.05. The van der Waals surface area contributed by atoms with Gasteiger partial charge < -0.3 is 14.8 Å². The van der Waals surface area contributed by atoms with Crippen LogP contribution in [0.1, 0.15) is 15.9 Å². The van der Waals surface area contributed by atoms with E-state index in [1.54, 1.807) is 49.4 Å². The number of nitrogens with zero attached hydrogens (tertiary/aromatic N) is 1. The number of hydrogen-bond donors (Lipinski definition) is 1. The average Bonchev–Trinajstić information content (AvgIpc) is 2.79. The van der Waals surface area contributed by atoms with E-state index < -0.39 is 28.5 Å². The smallest absolute Gasteiger partial charge is 0.338 e. The van der Waals surface area contributed by atoms with Crippen LogP contribution >= 0.6 is 0 Å². The van der Waals surface area contributed by atoms with Crippen molar-refractivity contribution in [2.24, 2.45) is 0 Å². The molecule has 3 rings (SSSR count). The monoisotopic (exact) mass is 468 g/mol. The van der Waals surface area contributed by atoms with Crippen molar-refractivity contribution in [1.82, 2.24) is 4.31 Å². The largest absolute Gasteiger partial charge is 0.457 e. The molecule has 9 heteroatoms. The minimum absolute atomic E-state index is 0.0810. The molecule has 0 aliphatic carbocycles. The lowest BCUT2D eigenvalue weighted by Gasteiger charge is -2.15. The molecule has 33 heavy (non-hydrogen) atoms. The van der Waals surface area contributed by atoms with Crippen molar-refractivity contribution in [3.63, 3.8) is 0 Å². The number of hydrogen-bond acceptors (Lipinski definition) is 6. The van der Waals surface area contributed by atoms with E-state index in [1.807, 2.05) is 18.2 Å². The molecule has 8 nitrogen and oxygen atoms in total. The Morgan fingerprint density at radius 1 is 0.909 bits per heavy atom. The summed E-state index contributed by atoms with van der Waals surface area (Å²) in [4.78, 5) is 24.7. The molecule has 0 aromatic heterocycles. The normalized spacial score (nSPS) is 11.2. The SMILES string of the molecule is Cc1ccc(NC(=O)COC(=O)c2cccc(Oc3ccccc3)c2)cc1S(=O)(=O)N(C)C. The summed E-state index contributed by atoms with van der Waals surface area (Å²) in [6, 6.07) is 20.1. The summed E-state index contributed by atoms with van der Waals surface area (Å²) >= 11 is 0. The summed E-state index contributed by atoms with van der Waals surface area (Å²) in [5, 5.41) is 2.55. The molecule has 0 aliphatic heterocycles. The first kappa shape index (κ1) is 24.0. The van der Waals surface area contributed by atoms with E-state index >= 15 is 0 Å². The van der Waals surface area contributed by atoms with Gasteiger partial charge in [-0.1, -0.05) is 30.3 Å². The number of benzene rings is 3. The Hall–Kier alpha value is -3.69. The van der Waals surface area contributed by atoms with Gasteiger partial charge in [0.25, 0.3) is 5.91 Å². The standard InChI is InChI=1S/C24H24N2O6S/c1-17-12-13-19(15-22(17)33(29,30)26(2)3)25-23(27)16-31-24(28)18-8-7-11-21(14-18)32-20-9-5-4-6-10-20/h4-15H,16H2,1-3H3,(H,25,27). The van der Waals surface area contributed by atoms with E-state index in [9.17, 15) is 18.0 Å². The van der Waals surface area contributed by atoms with E-state index in [1.165, 1.54) is 26.2 Å². The molecular formula is C24H24N2O6S. The molecule has 0 saturated heterocycles. The lowest BCUT2D eigenvalue weighted by Crippen LogP contribution is -2.24. The van der Waals surface area contributed by atoms with Crippen molar-refractivity contribution in [3.8, 4) is 11.5 Å². The molecule has 172 valence electrons. The van der Waals surface area contributed by atoms with Crippen LogP contribution in [0.3, 0.4) is 0 Å². The number of nitrogens with one attached hydrogen (secondary N) is 1. The second-order valence-electron chi connectivity index (χ2n) is 7.33. The zero-order valence-electron chi connectivity index (χ0n) is 18.4. The van der Waals surface area contributed by atoms with Gasteiger partial charge in [0.05, 0.1) is 10.5 Å². The third-order valence-electron chi connectivity index (χ3n) is 4.61. The van der Waals surface area contributed by atoms with Crippen molar-refractivity contribution in [2.45, 2.75) is 11.8 Å². The molecule has 0 aliphatic rings. The Kier molecular flexibility index (Phi) is 7.47. The van der Waals surface area contributed by atoms with E-state index in [2.05, 4.69) is 5.32 Å². The molecule has 0 fully saturated rings. The van der Waals surface area contributed by atoms with Crippen molar-refractivity contribution in [1.29, 1.82) is 0 Å². The Labute approximate surface area is 192 Å². The third-order valence-corrected chi connectivity index (χ3v) is 6.57. The maximum Gasteiger partial charge on any atom is 0.338 e. The van der Waals surface area contributed by atoms with E-state index in [0.29, 0.717) is 17.1 Å². The molecular weight excluding hydrogens is 444 g/mol. The van der Waals surface area contributed by atoms with Gasteiger partial charge in [-0.15, -0.1) is 0 Å². The minimum Gasteiger partial charge on any atom is -0.457 e. The van der Waals surface area contributed by atoms with Crippen LogP contribution in [-0.2, 0) is 19.6 Å². The first-order valence-electron chi connectivity index (χ1n) is 10.00. The highest BCUT2D eigenvalue weighted by molar-refractivity contribution is 7.89. The summed E-state index contributed by atoms with van der Waals surface area (Å²) in [7, 11) is -0.810. The zero-order valence-corrected chi connectivity index (χ0v) is 19.3. The average molecular weight is 469 g/mol. The molecule has 0 bridgehead atoms. The van der Waals surface area contributed by atoms with E-state index in [-0.39, 0.29) is 16.1 Å². The summed E-state index contributed by atoms with van der Waals surface area (Å²) in [6.45, 7) is 1.13. The molecule has 3 aromatic rings. The quantitative estimate of drug-likeness (QED) is 0.504. The minimum atomic E-state index is -3.67. The maximum atomic E-state index is 12.4. The number of anilines is 1. The highest BCUT2D eigenvalue weighted by Crippen LogP contribution is 2.23. The number of carbonyl (C=O) groups is 2. The van der Waals surface area contributed by atoms with Crippen LogP contribution in [0.15, 0.2) is 77.7 Å². The van der Waals surface area contributed by atoms with Gasteiger partial charge in [-0.3, -0.25) is 4.79 Å². The van der Waals surface area contributed by atoms with Crippen LogP contribution in [-0.4, -0.2) is 45.3 Å². The topological polar surface area (TPSA) is 102 Å². The van der Waals surface area contributed by atoms with Gasteiger partial charge in [0.1, 0.15) is 11.5 Å². The van der Waals surface area contributed by atoms with Gasteiger partial charge in [-0.05, 0) is 55.0 Å². The van der Waals surface area contributed by atoms with Gasteiger partial charge in [0.15, 0.2) is 6.61 Å². The van der Waals surface area contributed by atoms with Crippen molar-refractivity contribution in [3.05, 3.63) is 83.9 Å². The summed E-state index contributed by atoms with van der Waals surface area (Å²) < 4.78 is 36.8. The third kappa shape index (κ3) is 6.18. The molecule has 0 saturated carbocycles. The summed E-state index contributed by atoms with van der Waals surface area (Å²) in [6.07, 6.45) is 0. The Balaban J connectivity index is 1.61. The van der Waals surface area contributed by atoms with Gasteiger partial charge >= 0.3 is 5.97 Å². The van der Waals surface area contributed by atoms with E-state index in [4.69, 9.17) is 9.47 Å². The van der Waals surface area contributed by atoms with Crippen molar-refractivity contribution >= 4 is 27.6 Å². The molecule has 0 atom stereocenters. The lowest BCUT2D eigenvalue weighted by atomic mass is 10.2. The Bertz CT molecular complexity index is 1260. The predicted octanol–water partition coefficient (Wildman–Crippen LogP) is 3.83. The molecule has 0 spiro atoms. The molecule has 1 amide bonds. The van der Waals surface area contributed by atoms with Crippen LogP contribution in [0.2, 0.25) is 0 Å². The van der Waals surface area contributed by atoms with Gasteiger partial charge in [-0.2, -0.15) is 0 Å². The fraction of sp³-hybridized carbons (Fsp3) is 0.167. The van der Waals surface area contributed by atoms with Crippen LogP contribution in [0, 0.1) is 6.92 Å². The van der Waals surface area contributed by atoms with Gasteiger partial charge in [-0.25, -0.2) is 17.5 Å². The molecule has 1 N–H and O–H groups in total. The van der Waals surface area contributed by atoms with Crippen LogP contribution < -0.4 is 10.1 Å².